The number of hydrogen-bond donors (Lipinski definition) is 1. The summed E-state index contributed by atoms with van der Waals surface area (Å²) >= 11 is 0. The van der Waals surface area contributed by atoms with Gasteiger partial charge >= 0.3 is 90.6 Å². The van der Waals surface area contributed by atoms with Gasteiger partial charge in [0.25, 0.3) is 0 Å². The van der Waals surface area contributed by atoms with Crippen LogP contribution in [0.4, 0.5) is 10.5 Å². The average molecular weight is 237 g/mol. The van der Waals surface area contributed by atoms with E-state index in [9.17, 15) is 4.79 Å². The molecule has 0 saturated heterocycles. The molecule has 0 unspecified atom stereocenters. The quantitative estimate of drug-likeness (QED) is 0.747. The van der Waals surface area contributed by atoms with Crippen LogP contribution in [0.2, 0.25) is 0 Å². The topological polar surface area (TPSA) is 98.3 Å². The first-order valence-electron chi connectivity index (χ1n) is 4.72. The van der Waals surface area contributed by atoms with Crippen molar-refractivity contribution in [1.29, 1.82) is 0 Å². The molecule has 0 bridgehead atoms. The fraction of sp³-hybridized carbons (Fsp3) is 0.364. The minimum absolute atomic E-state index is 0. The number of ether oxygens (including phenoxy) is 1. The molecular formula is C11H16BNO4. The van der Waals surface area contributed by atoms with Crippen LogP contribution in [0, 0.1) is 0 Å². The second-order valence-corrected chi connectivity index (χ2v) is 4.25. The molecule has 0 fully saturated rings. The van der Waals surface area contributed by atoms with Crippen LogP contribution in [-0.2, 0) is 4.74 Å². The summed E-state index contributed by atoms with van der Waals surface area (Å²) in [4.78, 5) is 11.3. The molecule has 5 nitrogen and oxygen atoms in total. The predicted molar refractivity (Wildman–Crippen MR) is 65.6 cm³/mol. The van der Waals surface area contributed by atoms with Crippen molar-refractivity contribution in [3.05, 3.63) is 24.3 Å². The van der Waals surface area contributed by atoms with Gasteiger partial charge in [0.05, 0.1) is 0 Å². The van der Waals surface area contributed by atoms with Crippen LogP contribution in [0.1, 0.15) is 20.8 Å². The van der Waals surface area contributed by atoms with Gasteiger partial charge < -0.3 is 11.0 Å². The molecule has 1 aromatic carbocycles. The summed E-state index contributed by atoms with van der Waals surface area (Å²) in [6.07, 6.45) is -0.465. The summed E-state index contributed by atoms with van der Waals surface area (Å²) in [6, 6.07) is 6.87. The first-order valence-corrected chi connectivity index (χ1v) is 4.72. The van der Waals surface area contributed by atoms with E-state index in [1.54, 1.807) is 24.3 Å². The molecule has 0 atom stereocenters. The molecule has 0 saturated carbocycles. The third-order valence-corrected chi connectivity index (χ3v) is 1.56. The van der Waals surface area contributed by atoms with Gasteiger partial charge in [0.1, 0.15) is 0 Å². The third kappa shape index (κ3) is 7.38. The summed E-state index contributed by atoms with van der Waals surface area (Å²) < 4.78 is 5.09. The van der Waals surface area contributed by atoms with Crippen LogP contribution < -0.4 is 10.8 Å². The zero-order valence-electron chi connectivity index (χ0n) is 10.1. The van der Waals surface area contributed by atoms with Crippen molar-refractivity contribution in [3.63, 3.8) is 0 Å². The predicted octanol–water partition coefficient (Wildman–Crippen LogP) is 1.47. The Kier molecular flexibility index (Phi) is 7.28. The number of carbonyl (C=O) groups excluding carboxylic acids is 1. The minimum atomic E-state index is -0.488. The van der Waals surface area contributed by atoms with Crippen molar-refractivity contribution >= 4 is 25.1 Å². The zero-order chi connectivity index (χ0) is 11.5. The smallest absolute Gasteiger partial charge is 0.870 e. The molecule has 0 spiro atoms. The number of nitrogens with one attached hydrogen (secondary N) is 1. The molecule has 92 valence electrons. The van der Waals surface area contributed by atoms with E-state index in [1.165, 1.54) is 0 Å². The maximum absolute atomic E-state index is 11.3. The Balaban J connectivity index is 0. The molecule has 0 aliphatic carbocycles. The molecule has 1 amide bonds. The molecule has 3 N–H and O–H groups in total. The van der Waals surface area contributed by atoms with E-state index in [0.29, 0.717) is 11.2 Å². The van der Waals surface area contributed by atoms with E-state index < -0.39 is 11.7 Å². The summed E-state index contributed by atoms with van der Waals surface area (Å²) in [5.74, 6) is 0. The second-order valence-electron chi connectivity index (χ2n) is 4.25. The van der Waals surface area contributed by atoms with Gasteiger partial charge in [-0.2, -0.15) is 0 Å². The van der Waals surface area contributed by atoms with Gasteiger partial charge in [-0.15, -0.1) is 0 Å². The molecule has 0 aliphatic heterocycles. The van der Waals surface area contributed by atoms with Gasteiger partial charge in [-0.3, -0.25) is 0 Å². The summed E-state index contributed by atoms with van der Waals surface area (Å²) in [5, 5.41) is 2.61. The number of rotatable bonds is 1. The largest absolute Gasteiger partial charge is 0.870 e. The van der Waals surface area contributed by atoms with Crippen LogP contribution in [-0.4, -0.2) is 30.5 Å². The van der Waals surface area contributed by atoms with Gasteiger partial charge in [-0.25, -0.2) is 0 Å². The van der Waals surface area contributed by atoms with E-state index in [4.69, 9.17) is 12.6 Å². The minimum Gasteiger partial charge on any atom is -0.870 e. The number of carbonyl (C=O) groups is 1. The van der Waals surface area contributed by atoms with Crippen molar-refractivity contribution in [2.24, 2.45) is 0 Å². The van der Waals surface area contributed by atoms with E-state index in [1.807, 2.05) is 20.8 Å². The van der Waals surface area contributed by atoms with Crippen LogP contribution >= 0.6 is 0 Å². The van der Waals surface area contributed by atoms with Crippen molar-refractivity contribution < 1.29 is 20.5 Å². The number of hydrogen-bond acceptors (Lipinski definition) is 4. The Bertz CT molecular complexity index is 345. The summed E-state index contributed by atoms with van der Waals surface area (Å²) in [5.41, 5.74) is 0.834. The van der Waals surface area contributed by atoms with Crippen molar-refractivity contribution in [2.45, 2.75) is 26.4 Å². The van der Waals surface area contributed by atoms with Crippen molar-refractivity contribution in [2.75, 3.05) is 5.32 Å². The Morgan fingerprint density at radius 3 is 2.06 bits per heavy atom. The maximum atomic E-state index is 11.3. The number of anilines is 1. The molecule has 17 heavy (non-hydrogen) atoms. The standard InChI is InChI=1S/C11H14BNO2.2H2O/c1-11(2,3)15-10(14)13-9-6-4-8(12)5-7-9;;/h4-7H,1-3H3,(H,13,14);2*1H2/q+2;;/p-2. The summed E-state index contributed by atoms with van der Waals surface area (Å²) in [6.45, 7) is 5.45. The molecular weight excluding hydrogens is 221 g/mol. The van der Waals surface area contributed by atoms with Crippen LogP contribution in [0.25, 0.3) is 0 Å². The maximum Gasteiger partial charge on any atom is -0.870 e. The fourth-order valence-corrected chi connectivity index (χ4v) is 0.988. The van der Waals surface area contributed by atoms with Crippen LogP contribution in [0.3, 0.4) is 0 Å². The van der Waals surface area contributed by atoms with Gasteiger partial charge in [0.2, 0.25) is 0 Å². The summed E-state index contributed by atoms with van der Waals surface area (Å²) in [7, 11) is 5.52. The molecule has 1 aromatic rings. The number of amides is 1. The zero-order valence-corrected chi connectivity index (χ0v) is 10.1. The first-order chi connectivity index (χ1) is 6.87. The third-order valence-electron chi connectivity index (χ3n) is 1.56. The van der Waals surface area contributed by atoms with E-state index in [2.05, 4.69) is 5.32 Å². The molecule has 0 aliphatic rings. The molecule has 0 radical (unpaired) electrons. The normalized spacial score (nSPS) is 9.71. The number of benzene rings is 1. The Morgan fingerprint density at radius 2 is 1.65 bits per heavy atom. The van der Waals surface area contributed by atoms with Crippen molar-refractivity contribution in [3.8, 4) is 0 Å². The molecule has 6 heteroatoms. The van der Waals surface area contributed by atoms with Gasteiger partial charge in [0, 0.05) is 0 Å². The first kappa shape index (κ1) is 17.9. The van der Waals surface area contributed by atoms with Crippen molar-refractivity contribution in [1.82, 2.24) is 0 Å². The SMILES string of the molecule is [B+2]c1ccc(NC(=O)OC(C)(C)C)cc1.[OH-].[OH-]. The molecule has 1 rings (SSSR count). The Hall–Kier alpha value is -1.53. The van der Waals surface area contributed by atoms with Gasteiger partial charge in [0.15, 0.2) is 0 Å². The monoisotopic (exact) mass is 237 g/mol. The van der Waals surface area contributed by atoms with E-state index >= 15 is 0 Å². The van der Waals surface area contributed by atoms with Crippen LogP contribution in [0.15, 0.2) is 24.3 Å². The molecule has 0 aromatic heterocycles. The van der Waals surface area contributed by atoms with Gasteiger partial charge in [-0.05, 0) is 0 Å². The average Bonchev–Trinajstić information content (AvgIpc) is 2.05. The van der Waals surface area contributed by atoms with E-state index in [-0.39, 0.29) is 11.0 Å². The van der Waals surface area contributed by atoms with E-state index in [0.717, 1.165) is 0 Å². The van der Waals surface area contributed by atoms with Crippen LogP contribution in [0.5, 0.6) is 0 Å². The Labute approximate surface area is 102 Å². The van der Waals surface area contributed by atoms with Gasteiger partial charge in [-0.1, -0.05) is 0 Å². The second kappa shape index (κ2) is 6.93. The Morgan fingerprint density at radius 1 is 1.18 bits per heavy atom. The fourth-order valence-electron chi connectivity index (χ4n) is 0.988. The molecule has 0 heterocycles.